The first-order valence-corrected chi connectivity index (χ1v) is 8.99. The number of carbonyl (C=O) groups excluding carboxylic acids is 3. The lowest BCUT2D eigenvalue weighted by molar-refractivity contribution is -0.136. The molecule has 0 aromatic heterocycles. The maximum Gasteiger partial charge on any atom is 0.387 e. The maximum atomic E-state index is 12.2. The average Bonchev–Trinajstić information content (AvgIpc) is 2.68. The van der Waals surface area contributed by atoms with E-state index in [-0.39, 0.29) is 23.8 Å². The Bertz CT molecular complexity index is 896. The Labute approximate surface area is 172 Å². The molecule has 2 rings (SSSR count). The van der Waals surface area contributed by atoms with Gasteiger partial charge in [-0.1, -0.05) is 18.2 Å². The van der Waals surface area contributed by atoms with Crippen LogP contribution < -0.4 is 10.1 Å². The Kier molecular flexibility index (Phi) is 7.85. The van der Waals surface area contributed by atoms with Crippen LogP contribution in [0.15, 0.2) is 42.5 Å². The highest BCUT2D eigenvalue weighted by Crippen LogP contribution is 2.19. The van der Waals surface area contributed by atoms with Crippen LogP contribution in [0.5, 0.6) is 5.75 Å². The lowest BCUT2D eigenvalue weighted by atomic mass is 10.1. The van der Waals surface area contributed by atoms with E-state index in [1.807, 2.05) is 32.0 Å². The first-order chi connectivity index (χ1) is 14.2. The highest BCUT2D eigenvalue weighted by atomic mass is 19.3. The fraction of sp³-hybridized carbons (Fsp3) is 0.286. The van der Waals surface area contributed by atoms with E-state index in [1.54, 1.807) is 0 Å². The molecule has 0 radical (unpaired) electrons. The molecule has 7 nitrogen and oxygen atoms in total. The second kappa shape index (κ2) is 10.3. The lowest BCUT2D eigenvalue weighted by Crippen LogP contribution is -2.37. The van der Waals surface area contributed by atoms with Crippen molar-refractivity contribution in [1.29, 1.82) is 0 Å². The number of carbonyl (C=O) groups is 3. The van der Waals surface area contributed by atoms with E-state index in [4.69, 9.17) is 4.74 Å². The Hall–Kier alpha value is -3.49. The number of nitrogens with zero attached hydrogens (tertiary/aromatic N) is 1. The monoisotopic (exact) mass is 420 g/mol. The van der Waals surface area contributed by atoms with E-state index in [9.17, 15) is 23.2 Å². The molecule has 0 unspecified atom stereocenters. The van der Waals surface area contributed by atoms with Crippen LogP contribution in [0.1, 0.15) is 21.5 Å². The number of anilines is 1. The number of nitrogens with one attached hydrogen (secondary N) is 1. The van der Waals surface area contributed by atoms with Crippen molar-refractivity contribution in [3.05, 3.63) is 59.2 Å². The van der Waals surface area contributed by atoms with E-state index >= 15 is 0 Å². The van der Waals surface area contributed by atoms with Crippen molar-refractivity contribution in [2.24, 2.45) is 0 Å². The molecule has 0 saturated carbocycles. The van der Waals surface area contributed by atoms with Crippen LogP contribution >= 0.6 is 0 Å². The average molecular weight is 420 g/mol. The summed E-state index contributed by atoms with van der Waals surface area (Å²) in [7, 11) is 1.41. The third-order valence-corrected chi connectivity index (χ3v) is 4.19. The van der Waals surface area contributed by atoms with Crippen LogP contribution in [0, 0.1) is 13.8 Å². The van der Waals surface area contributed by atoms with Crippen molar-refractivity contribution >= 4 is 23.5 Å². The zero-order valence-electron chi connectivity index (χ0n) is 16.8. The molecular weight excluding hydrogens is 398 g/mol. The number of para-hydroxylation sites is 1. The lowest BCUT2D eigenvalue weighted by Gasteiger charge is -2.18. The molecule has 30 heavy (non-hydrogen) atoms. The van der Waals surface area contributed by atoms with Gasteiger partial charge in [-0.25, -0.2) is 4.79 Å². The molecule has 0 saturated heterocycles. The van der Waals surface area contributed by atoms with Gasteiger partial charge in [-0.05, 0) is 49.2 Å². The van der Waals surface area contributed by atoms with Gasteiger partial charge in [0.25, 0.3) is 5.91 Å². The minimum atomic E-state index is -2.97. The van der Waals surface area contributed by atoms with Crippen LogP contribution in [0.25, 0.3) is 0 Å². The maximum absolute atomic E-state index is 12.2. The molecule has 0 bridgehead atoms. The summed E-state index contributed by atoms with van der Waals surface area (Å²) in [6.45, 7) is -0.0278. The first-order valence-electron chi connectivity index (χ1n) is 8.99. The third-order valence-electron chi connectivity index (χ3n) is 4.19. The van der Waals surface area contributed by atoms with Gasteiger partial charge in [0.05, 0.1) is 12.1 Å². The molecule has 0 atom stereocenters. The molecule has 1 N–H and O–H groups in total. The third kappa shape index (κ3) is 6.54. The number of rotatable bonds is 8. The summed E-state index contributed by atoms with van der Waals surface area (Å²) in [5.74, 6) is -1.87. The number of hydrogen-bond acceptors (Lipinski definition) is 5. The Morgan fingerprint density at radius 3 is 2.20 bits per heavy atom. The van der Waals surface area contributed by atoms with E-state index in [0.717, 1.165) is 16.0 Å². The summed E-state index contributed by atoms with van der Waals surface area (Å²) in [4.78, 5) is 37.5. The zero-order valence-corrected chi connectivity index (χ0v) is 16.8. The molecule has 0 aliphatic rings. The minimum absolute atomic E-state index is 0.0693. The predicted octanol–water partition coefficient (Wildman–Crippen LogP) is 3.16. The summed E-state index contributed by atoms with van der Waals surface area (Å²) in [5, 5.41) is 2.77. The van der Waals surface area contributed by atoms with Crippen LogP contribution in [0.4, 0.5) is 14.5 Å². The minimum Gasteiger partial charge on any atom is -0.452 e. The van der Waals surface area contributed by atoms with Crippen molar-refractivity contribution in [3.63, 3.8) is 0 Å². The van der Waals surface area contributed by atoms with Gasteiger partial charge in [0.1, 0.15) is 5.75 Å². The molecular formula is C21H22F2N2O5. The van der Waals surface area contributed by atoms with Gasteiger partial charge >= 0.3 is 12.6 Å². The molecule has 160 valence electrons. The van der Waals surface area contributed by atoms with Gasteiger partial charge in [-0.2, -0.15) is 8.78 Å². The summed E-state index contributed by atoms with van der Waals surface area (Å²) in [6, 6.07) is 10.5. The quantitative estimate of drug-likeness (QED) is 0.663. The van der Waals surface area contributed by atoms with Gasteiger partial charge in [-0.3, -0.25) is 9.59 Å². The summed E-state index contributed by atoms with van der Waals surface area (Å²) >= 11 is 0. The fourth-order valence-corrected chi connectivity index (χ4v) is 2.59. The summed E-state index contributed by atoms with van der Waals surface area (Å²) < 4.78 is 33.4. The van der Waals surface area contributed by atoms with Gasteiger partial charge in [0.2, 0.25) is 5.91 Å². The van der Waals surface area contributed by atoms with Gasteiger partial charge < -0.3 is 19.7 Å². The van der Waals surface area contributed by atoms with Crippen LogP contribution in [0.3, 0.4) is 0 Å². The number of esters is 1. The molecule has 9 heteroatoms. The van der Waals surface area contributed by atoms with E-state index in [1.165, 1.54) is 31.3 Å². The number of ether oxygens (including phenoxy) is 2. The first kappa shape index (κ1) is 22.8. The van der Waals surface area contributed by atoms with Crippen molar-refractivity contribution in [3.8, 4) is 5.75 Å². The van der Waals surface area contributed by atoms with Gasteiger partial charge in [-0.15, -0.1) is 0 Å². The Morgan fingerprint density at radius 2 is 1.63 bits per heavy atom. The smallest absolute Gasteiger partial charge is 0.387 e. The predicted molar refractivity (Wildman–Crippen MR) is 106 cm³/mol. The van der Waals surface area contributed by atoms with Crippen LogP contribution in [-0.2, 0) is 14.3 Å². The molecule has 0 fully saturated rings. The largest absolute Gasteiger partial charge is 0.452 e. The second-order valence-corrected chi connectivity index (χ2v) is 6.54. The van der Waals surface area contributed by atoms with E-state index in [0.29, 0.717) is 5.69 Å². The Balaban J connectivity index is 1.83. The van der Waals surface area contributed by atoms with Gasteiger partial charge in [0.15, 0.2) is 6.61 Å². The number of aryl methyl sites for hydroxylation is 2. The van der Waals surface area contributed by atoms with Crippen LogP contribution in [0.2, 0.25) is 0 Å². The standard InChI is InChI=1S/C21H22F2N2O5/c1-13-5-4-6-14(2)19(13)24-17(26)11-25(3)18(27)12-29-20(28)15-7-9-16(10-8-15)30-21(22)23/h4-10,21H,11-12H2,1-3H3,(H,24,26). The molecule has 2 aromatic carbocycles. The number of likely N-dealkylation sites (N-methyl/N-ethyl adjacent to an activating group) is 1. The van der Waals surface area contributed by atoms with Crippen molar-refractivity contribution in [2.75, 3.05) is 25.5 Å². The summed E-state index contributed by atoms with van der Waals surface area (Å²) in [5.41, 5.74) is 2.56. The number of halogens is 2. The SMILES string of the molecule is Cc1cccc(C)c1NC(=O)CN(C)C(=O)COC(=O)c1ccc(OC(F)F)cc1. The van der Waals surface area contributed by atoms with Gasteiger partial charge in [0, 0.05) is 12.7 Å². The fourth-order valence-electron chi connectivity index (χ4n) is 2.59. The van der Waals surface area contributed by atoms with Crippen molar-refractivity contribution in [1.82, 2.24) is 4.90 Å². The second-order valence-electron chi connectivity index (χ2n) is 6.54. The van der Waals surface area contributed by atoms with E-state index < -0.39 is 25.1 Å². The normalized spacial score (nSPS) is 10.5. The summed E-state index contributed by atoms with van der Waals surface area (Å²) in [6.07, 6.45) is 0. The highest BCUT2D eigenvalue weighted by molar-refractivity contribution is 5.96. The zero-order chi connectivity index (χ0) is 22.3. The topological polar surface area (TPSA) is 84.9 Å². The molecule has 2 aromatic rings. The van der Waals surface area contributed by atoms with Crippen LogP contribution in [-0.4, -0.2) is 49.5 Å². The molecule has 0 aliphatic heterocycles. The number of alkyl halides is 2. The highest BCUT2D eigenvalue weighted by Gasteiger charge is 2.17. The van der Waals surface area contributed by atoms with Crippen molar-refractivity contribution < 1.29 is 32.6 Å². The molecule has 0 heterocycles. The molecule has 0 spiro atoms. The molecule has 0 aliphatic carbocycles. The van der Waals surface area contributed by atoms with Crippen molar-refractivity contribution in [2.45, 2.75) is 20.5 Å². The molecule has 2 amide bonds. The Morgan fingerprint density at radius 1 is 1.03 bits per heavy atom. The van der Waals surface area contributed by atoms with E-state index in [2.05, 4.69) is 10.1 Å². The number of amides is 2. The number of benzene rings is 2. The number of hydrogen-bond donors (Lipinski definition) is 1.